The van der Waals surface area contributed by atoms with Crippen molar-refractivity contribution < 1.29 is 9.53 Å². The Balaban J connectivity index is 1.91. The lowest BCUT2D eigenvalue weighted by Gasteiger charge is -2.09. The van der Waals surface area contributed by atoms with Crippen molar-refractivity contribution in [2.45, 2.75) is 25.0 Å². The van der Waals surface area contributed by atoms with E-state index in [4.69, 9.17) is 4.74 Å². The number of carbonyl (C=O) groups excluding carboxylic acids is 1. The van der Waals surface area contributed by atoms with Gasteiger partial charge in [0.15, 0.2) is 5.16 Å². The number of hydrogen-bond donors (Lipinski definition) is 1. The minimum Gasteiger partial charge on any atom is -0.497 e. The summed E-state index contributed by atoms with van der Waals surface area (Å²) in [4.78, 5) is 12.0. The van der Waals surface area contributed by atoms with Crippen molar-refractivity contribution >= 4 is 23.4 Å². The van der Waals surface area contributed by atoms with Gasteiger partial charge in [-0.1, -0.05) is 17.8 Å². The molecule has 0 unspecified atom stereocenters. The van der Waals surface area contributed by atoms with Crippen molar-refractivity contribution in [3.8, 4) is 5.75 Å². The Morgan fingerprint density at radius 1 is 1.48 bits per heavy atom. The molecule has 1 aromatic carbocycles. The number of amides is 1. The molecule has 112 valence electrons. The van der Waals surface area contributed by atoms with Crippen molar-refractivity contribution in [3.63, 3.8) is 0 Å². The summed E-state index contributed by atoms with van der Waals surface area (Å²) in [7, 11) is 1.59. The first-order valence-electron chi connectivity index (χ1n) is 6.56. The zero-order valence-electron chi connectivity index (χ0n) is 12.2. The Labute approximate surface area is 127 Å². The van der Waals surface area contributed by atoms with E-state index in [1.165, 1.54) is 11.8 Å². The smallest absolute Gasteiger partial charge is 0.234 e. The van der Waals surface area contributed by atoms with Crippen molar-refractivity contribution in [2.75, 3.05) is 18.2 Å². The lowest BCUT2D eigenvalue weighted by molar-refractivity contribution is -0.113. The van der Waals surface area contributed by atoms with Crippen LogP contribution in [-0.4, -0.2) is 33.5 Å². The van der Waals surface area contributed by atoms with E-state index in [0.29, 0.717) is 11.4 Å². The van der Waals surface area contributed by atoms with Crippen molar-refractivity contribution in [2.24, 2.45) is 0 Å². The van der Waals surface area contributed by atoms with E-state index in [-0.39, 0.29) is 17.7 Å². The van der Waals surface area contributed by atoms with Crippen LogP contribution >= 0.6 is 11.8 Å². The fraction of sp³-hybridized carbons (Fsp3) is 0.357. The Bertz CT molecular complexity index is 613. The molecule has 0 aliphatic heterocycles. The Morgan fingerprint density at radius 3 is 3.00 bits per heavy atom. The molecule has 21 heavy (non-hydrogen) atoms. The van der Waals surface area contributed by atoms with Crippen LogP contribution in [0.3, 0.4) is 0 Å². The highest BCUT2D eigenvalue weighted by atomic mass is 32.2. The first-order chi connectivity index (χ1) is 10.1. The fourth-order valence-corrected chi connectivity index (χ4v) is 2.56. The van der Waals surface area contributed by atoms with E-state index < -0.39 is 0 Å². The van der Waals surface area contributed by atoms with Gasteiger partial charge in [-0.25, -0.2) is 0 Å². The van der Waals surface area contributed by atoms with Crippen molar-refractivity contribution in [1.82, 2.24) is 14.8 Å². The molecule has 1 heterocycles. The van der Waals surface area contributed by atoms with E-state index in [1.54, 1.807) is 19.5 Å². The Hall–Kier alpha value is -2.02. The number of nitrogens with zero attached hydrogens (tertiary/aromatic N) is 3. The number of benzene rings is 1. The first-order valence-corrected chi connectivity index (χ1v) is 7.55. The quantitative estimate of drug-likeness (QED) is 0.831. The van der Waals surface area contributed by atoms with Gasteiger partial charge >= 0.3 is 0 Å². The molecule has 1 amide bonds. The van der Waals surface area contributed by atoms with E-state index in [2.05, 4.69) is 15.5 Å². The van der Waals surface area contributed by atoms with Crippen LogP contribution in [-0.2, 0) is 4.79 Å². The third kappa shape index (κ3) is 4.22. The zero-order chi connectivity index (χ0) is 15.2. The standard InChI is InChI=1S/C14H18N4O2S/c1-10(2)18-9-15-17-14(18)21-8-13(19)16-11-5-4-6-12(7-11)20-3/h4-7,9-10H,8H2,1-3H3,(H,16,19). The van der Waals surface area contributed by atoms with Crippen LogP contribution in [0.5, 0.6) is 5.75 Å². The van der Waals surface area contributed by atoms with Gasteiger partial charge in [0.2, 0.25) is 5.91 Å². The summed E-state index contributed by atoms with van der Waals surface area (Å²) < 4.78 is 7.05. The summed E-state index contributed by atoms with van der Waals surface area (Å²) in [6.45, 7) is 4.09. The van der Waals surface area contributed by atoms with Crippen LogP contribution in [0.4, 0.5) is 5.69 Å². The number of hydrogen-bond acceptors (Lipinski definition) is 5. The molecule has 0 aliphatic rings. The van der Waals surface area contributed by atoms with Gasteiger partial charge in [0.05, 0.1) is 12.9 Å². The number of aromatic nitrogens is 3. The molecule has 2 rings (SSSR count). The highest BCUT2D eigenvalue weighted by Gasteiger charge is 2.11. The summed E-state index contributed by atoms with van der Waals surface area (Å²) in [6.07, 6.45) is 1.67. The molecule has 2 aromatic rings. The SMILES string of the molecule is COc1cccc(NC(=O)CSc2nncn2C(C)C)c1. The predicted octanol–water partition coefficient (Wildman–Crippen LogP) is 2.60. The Kier molecular flexibility index (Phi) is 5.21. The van der Waals surface area contributed by atoms with Crippen LogP contribution in [0.1, 0.15) is 19.9 Å². The lowest BCUT2D eigenvalue weighted by atomic mass is 10.3. The van der Waals surface area contributed by atoms with Crippen LogP contribution in [0.15, 0.2) is 35.7 Å². The van der Waals surface area contributed by atoms with E-state index >= 15 is 0 Å². The summed E-state index contributed by atoms with van der Waals surface area (Å²) in [5, 5.41) is 11.5. The van der Waals surface area contributed by atoms with Gasteiger partial charge in [-0.3, -0.25) is 4.79 Å². The van der Waals surface area contributed by atoms with E-state index in [0.717, 1.165) is 5.16 Å². The first kappa shape index (κ1) is 15.4. The van der Waals surface area contributed by atoms with E-state index in [1.807, 2.05) is 36.6 Å². The minimum atomic E-state index is -0.0911. The molecule has 0 aliphatic carbocycles. The number of thioether (sulfide) groups is 1. The number of carbonyl (C=O) groups is 1. The normalized spacial score (nSPS) is 10.7. The summed E-state index contributed by atoms with van der Waals surface area (Å²) in [5.74, 6) is 0.898. The molecule has 1 N–H and O–H groups in total. The van der Waals surface area contributed by atoms with Gasteiger partial charge in [0.25, 0.3) is 0 Å². The van der Waals surface area contributed by atoms with Gasteiger partial charge in [-0.2, -0.15) is 0 Å². The van der Waals surface area contributed by atoms with Gasteiger partial charge in [-0.05, 0) is 26.0 Å². The second kappa shape index (κ2) is 7.12. The lowest BCUT2D eigenvalue weighted by Crippen LogP contribution is -2.14. The van der Waals surface area contributed by atoms with Crippen LogP contribution in [0.2, 0.25) is 0 Å². The fourth-order valence-electron chi connectivity index (χ4n) is 1.72. The highest BCUT2D eigenvalue weighted by Crippen LogP contribution is 2.20. The third-order valence-electron chi connectivity index (χ3n) is 2.78. The van der Waals surface area contributed by atoms with Crippen molar-refractivity contribution in [1.29, 1.82) is 0 Å². The third-order valence-corrected chi connectivity index (χ3v) is 3.74. The maximum Gasteiger partial charge on any atom is 0.234 e. The zero-order valence-corrected chi connectivity index (χ0v) is 13.1. The van der Waals surface area contributed by atoms with Gasteiger partial charge in [0.1, 0.15) is 12.1 Å². The second-order valence-electron chi connectivity index (χ2n) is 4.68. The number of nitrogens with one attached hydrogen (secondary N) is 1. The molecule has 7 heteroatoms. The number of rotatable bonds is 6. The monoisotopic (exact) mass is 306 g/mol. The van der Waals surface area contributed by atoms with Crippen LogP contribution in [0, 0.1) is 0 Å². The van der Waals surface area contributed by atoms with Crippen LogP contribution < -0.4 is 10.1 Å². The summed E-state index contributed by atoms with van der Waals surface area (Å²) in [5.41, 5.74) is 0.713. The summed E-state index contributed by atoms with van der Waals surface area (Å²) >= 11 is 1.37. The number of ether oxygens (including phenoxy) is 1. The number of anilines is 1. The molecule has 0 spiro atoms. The molecule has 6 nitrogen and oxygen atoms in total. The number of methoxy groups -OCH3 is 1. The van der Waals surface area contributed by atoms with E-state index in [9.17, 15) is 4.79 Å². The maximum absolute atomic E-state index is 12.0. The Morgan fingerprint density at radius 2 is 2.29 bits per heavy atom. The van der Waals surface area contributed by atoms with Crippen LogP contribution in [0.25, 0.3) is 0 Å². The molecular weight excluding hydrogens is 288 g/mol. The largest absolute Gasteiger partial charge is 0.497 e. The predicted molar refractivity (Wildman–Crippen MR) is 82.8 cm³/mol. The van der Waals surface area contributed by atoms with Gasteiger partial charge in [-0.15, -0.1) is 10.2 Å². The molecule has 1 aromatic heterocycles. The van der Waals surface area contributed by atoms with Gasteiger partial charge in [0, 0.05) is 17.8 Å². The molecular formula is C14H18N4O2S. The molecule has 0 saturated carbocycles. The average molecular weight is 306 g/mol. The maximum atomic E-state index is 12.0. The molecule has 0 atom stereocenters. The van der Waals surface area contributed by atoms with Crippen molar-refractivity contribution in [3.05, 3.63) is 30.6 Å². The summed E-state index contributed by atoms with van der Waals surface area (Å²) in [6, 6.07) is 7.52. The molecule has 0 radical (unpaired) electrons. The second-order valence-corrected chi connectivity index (χ2v) is 5.63. The minimum absolute atomic E-state index is 0.0911. The topological polar surface area (TPSA) is 69.0 Å². The molecule has 0 bridgehead atoms. The highest BCUT2D eigenvalue weighted by molar-refractivity contribution is 7.99. The van der Waals surface area contributed by atoms with Gasteiger partial charge < -0.3 is 14.6 Å². The molecule has 0 saturated heterocycles. The average Bonchev–Trinajstić information content (AvgIpc) is 2.94. The molecule has 0 fully saturated rings.